The van der Waals surface area contributed by atoms with E-state index < -0.39 is 0 Å². The lowest BCUT2D eigenvalue weighted by molar-refractivity contribution is 0.626. The minimum absolute atomic E-state index is 0.251. The number of halogens is 1. The van der Waals surface area contributed by atoms with Gasteiger partial charge in [-0.05, 0) is 24.6 Å². The van der Waals surface area contributed by atoms with Crippen LogP contribution >= 0.6 is 0 Å². The third-order valence-corrected chi connectivity index (χ3v) is 2.62. The summed E-state index contributed by atoms with van der Waals surface area (Å²) in [5.74, 6) is -0.251. The number of nitrogens with two attached hydrogens (primary N) is 1. The van der Waals surface area contributed by atoms with Crippen LogP contribution in [0.2, 0.25) is 0 Å². The zero-order valence-electron chi connectivity index (χ0n) is 9.31. The minimum atomic E-state index is -0.255. The maximum absolute atomic E-state index is 12.8. The summed E-state index contributed by atoms with van der Waals surface area (Å²) in [7, 11) is 1.86. The van der Waals surface area contributed by atoms with Crippen molar-refractivity contribution < 1.29 is 4.39 Å². The number of rotatable bonds is 2. The molecule has 0 bridgehead atoms. The van der Waals surface area contributed by atoms with Crippen LogP contribution in [0.25, 0.3) is 0 Å². The molecule has 4 heteroatoms. The second kappa shape index (κ2) is 4.06. The summed E-state index contributed by atoms with van der Waals surface area (Å²) in [6.07, 6.45) is 1.89. The first kappa shape index (κ1) is 10.8. The average Bonchev–Trinajstić information content (AvgIpc) is 2.58. The van der Waals surface area contributed by atoms with E-state index in [-0.39, 0.29) is 11.9 Å². The molecule has 3 nitrogen and oxygen atoms in total. The molecule has 2 N–H and O–H groups in total. The minimum Gasteiger partial charge on any atom is -0.320 e. The lowest BCUT2D eigenvalue weighted by Crippen LogP contribution is -2.12. The highest BCUT2D eigenvalue weighted by Gasteiger charge is 2.14. The molecular weight excluding hydrogens is 205 g/mol. The molecule has 0 aliphatic carbocycles. The van der Waals surface area contributed by atoms with Crippen LogP contribution in [-0.2, 0) is 7.05 Å². The van der Waals surface area contributed by atoms with E-state index >= 15 is 0 Å². The first-order chi connectivity index (χ1) is 7.58. The standard InChI is InChI=1S/C12H14FN3/c1-8-11(7-16(2)15-8)12(14)9-3-5-10(13)6-4-9/h3-7,12H,14H2,1-2H3. The molecule has 0 spiro atoms. The van der Waals surface area contributed by atoms with Gasteiger partial charge in [-0.25, -0.2) is 4.39 Å². The van der Waals surface area contributed by atoms with Crippen LogP contribution in [0, 0.1) is 12.7 Å². The van der Waals surface area contributed by atoms with Crippen LogP contribution < -0.4 is 5.73 Å². The summed E-state index contributed by atoms with van der Waals surface area (Å²) >= 11 is 0. The summed E-state index contributed by atoms with van der Waals surface area (Å²) in [4.78, 5) is 0. The van der Waals surface area contributed by atoms with Gasteiger partial charge in [0.2, 0.25) is 0 Å². The molecule has 0 amide bonds. The van der Waals surface area contributed by atoms with E-state index in [4.69, 9.17) is 5.73 Å². The fourth-order valence-electron chi connectivity index (χ4n) is 1.77. The van der Waals surface area contributed by atoms with Crippen molar-refractivity contribution >= 4 is 0 Å². The second-order valence-corrected chi connectivity index (χ2v) is 3.87. The predicted octanol–water partition coefficient (Wildman–Crippen LogP) is 1.92. The normalized spacial score (nSPS) is 12.8. The van der Waals surface area contributed by atoms with E-state index in [1.807, 2.05) is 20.2 Å². The summed E-state index contributed by atoms with van der Waals surface area (Å²) in [5.41, 5.74) is 8.86. The van der Waals surface area contributed by atoms with Crippen LogP contribution in [0.1, 0.15) is 22.9 Å². The number of hydrogen-bond acceptors (Lipinski definition) is 2. The molecule has 1 aromatic heterocycles. The molecule has 0 saturated carbocycles. The van der Waals surface area contributed by atoms with Crippen molar-refractivity contribution in [2.45, 2.75) is 13.0 Å². The lowest BCUT2D eigenvalue weighted by atomic mass is 10.0. The van der Waals surface area contributed by atoms with Crippen LogP contribution in [0.4, 0.5) is 4.39 Å². The van der Waals surface area contributed by atoms with Crippen molar-refractivity contribution in [3.63, 3.8) is 0 Å². The molecule has 1 unspecified atom stereocenters. The Kier molecular flexibility index (Phi) is 2.75. The van der Waals surface area contributed by atoms with Crippen molar-refractivity contribution in [2.24, 2.45) is 12.8 Å². The van der Waals surface area contributed by atoms with Crippen LogP contribution in [0.5, 0.6) is 0 Å². The van der Waals surface area contributed by atoms with Gasteiger partial charge in [-0.15, -0.1) is 0 Å². The highest BCUT2D eigenvalue weighted by atomic mass is 19.1. The van der Waals surface area contributed by atoms with Crippen molar-refractivity contribution in [1.29, 1.82) is 0 Å². The number of hydrogen-bond donors (Lipinski definition) is 1. The van der Waals surface area contributed by atoms with Gasteiger partial charge in [-0.3, -0.25) is 4.68 Å². The molecule has 1 atom stereocenters. The molecule has 0 radical (unpaired) electrons. The quantitative estimate of drug-likeness (QED) is 0.838. The monoisotopic (exact) mass is 219 g/mol. The fourth-order valence-corrected chi connectivity index (χ4v) is 1.77. The van der Waals surface area contributed by atoms with Gasteiger partial charge in [0.1, 0.15) is 5.82 Å². The largest absolute Gasteiger partial charge is 0.320 e. The summed E-state index contributed by atoms with van der Waals surface area (Å²) in [5, 5.41) is 4.24. The van der Waals surface area contributed by atoms with Gasteiger partial charge in [-0.1, -0.05) is 12.1 Å². The maximum Gasteiger partial charge on any atom is 0.123 e. The Morgan fingerprint density at radius 3 is 2.44 bits per heavy atom. The van der Waals surface area contributed by atoms with Crippen LogP contribution in [0.3, 0.4) is 0 Å². The fraction of sp³-hybridized carbons (Fsp3) is 0.250. The zero-order chi connectivity index (χ0) is 11.7. The Balaban J connectivity index is 2.35. The molecular formula is C12H14FN3. The van der Waals surface area contributed by atoms with Gasteiger partial charge < -0.3 is 5.73 Å². The number of aromatic nitrogens is 2. The SMILES string of the molecule is Cc1nn(C)cc1C(N)c1ccc(F)cc1. The molecule has 0 fully saturated rings. The van der Waals surface area contributed by atoms with E-state index in [1.165, 1.54) is 12.1 Å². The predicted molar refractivity (Wildman–Crippen MR) is 60.4 cm³/mol. The molecule has 84 valence electrons. The maximum atomic E-state index is 12.8. The lowest BCUT2D eigenvalue weighted by Gasteiger charge is -2.10. The van der Waals surface area contributed by atoms with E-state index in [0.29, 0.717) is 0 Å². The number of aryl methyl sites for hydroxylation is 2. The van der Waals surface area contributed by atoms with Gasteiger partial charge in [0, 0.05) is 18.8 Å². The van der Waals surface area contributed by atoms with Gasteiger partial charge in [0.05, 0.1) is 11.7 Å². The van der Waals surface area contributed by atoms with Crippen molar-refractivity contribution in [2.75, 3.05) is 0 Å². The Morgan fingerprint density at radius 2 is 1.94 bits per heavy atom. The second-order valence-electron chi connectivity index (χ2n) is 3.87. The molecule has 0 aliphatic heterocycles. The zero-order valence-corrected chi connectivity index (χ0v) is 9.31. The Labute approximate surface area is 93.7 Å². The smallest absolute Gasteiger partial charge is 0.123 e. The highest BCUT2D eigenvalue weighted by molar-refractivity contribution is 5.32. The van der Waals surface area contributed by atoms with Gasteiger partial charge in [-0.2, -0.15) is 5.10 Å². The topological polar surface area (TPSA) is 43.8 Å². The van der Waals surface area contributed by atoms with Crippen LogP contribution in [0.15, 0.2) is 30.5 Å². The summed E-state index contributed by atoms with van der Waals surface area (Å²) in [6.45, 7) is 1.92. The molecule has 1 heterocycles. The van der Waals surface area contributed by atoms with Crippen molar-refractivity contribution in [3.05, 3.63) is 53.1 Å². The van der Waals surface area contributed by atoms with Gasteiger partial charge in [0.15, 0.2) is 0 Å². The van der Waals surface area contributed by atoms with Crippen molar-refractivity contribution in [1.82, 2.24) is 9.78 Å². The third kappa shape index (κ3) is 1.97. The van der Waals surface area contributed by atoms with Gasteiger partial charge in [0.25, 0.3) is 0 Å². The average molecular weight is 219 g/mol. The van der Waals surface area contributed by atoms with E-state index in [2.05, 4.69) is 5.10 Å². The number of nitrogens with zero attached hydrogens (tertiary/aromatic N) is 2. The van der Waals surface area contributed by atoms with E-state index in [9.17, 15) is 4.39 Å². The van der Waals surface area contributed by atoms with E-state index in [1.54, 1.807) is 16.8 Å². The first-order valence-corrected chi connectivity index (χ1v) is 5.09. The van der Waals surface area contributed by atoms with Gasteiger partial charge >= 0.3 is 0 Å². The Bertz CT molecular complexity index is 487. The third-order valence-electron chi connectivity index (χ3n) is 2.62. The molecule has 0 aliphatic rings. The highest BCUT2D eigenvalue weighted by Crippen LogP contribution is 2.21. The summed E-state index contributed by atoms with van der Waals surface area (Å²) < 4.78 is 14.5. The first-order valence-electron chi connectivity index (χ1n) is 5.09. The van der Waals surface area contributed by atoms with E-state index in [0.717, 1.165) is 16.8 Å². The number of benzene rings is 1. The Morgan fingerprint density at radius 1 is 1.31 bits per heavy atom. The summed E-state index contributed by atoms with van der Waals surface area (Å²) in [6, 6.07) is 5.98. The van der Waals surface area contributed by atoms with Crippen molar-refractivity contribution in [3.8, 4) is 0 Å². The molecule has 2 aromatic rings. The van der Waals surface area contributed by atoms with Crippen LogP contribution in [-0.4, -0.2) is 9.78 Å². The molecule has 1 aromatic carbocycles. The molecule has 16 heavy (non-hydrogen) atoms. The Hall–Kier alpha value is -1.68. The molecule has 2 rings (SSSR count). The molecule has 0 saturated heterocycles.